The average molecular weight is 507 g/mol. The van der Waals surface area contributed by atoms with Crippen LogP contribution >= 0.6 is 0 Å². The van der Waals surface area contributed by atoms with Crippen molar-refractivity contribution in [2.45, 2.75) is 90.5 Å². The van der Waals surface area contributed by atoms with Crippen LogP contribution in [0.1, 0.15) is 60.3 Å². The number of ether oxygens (including phenoxy) is 5. The van der Waals surface area contributed by atoms with E-state index in [1.54, 1.807) is 0 Å². The highest BCUT2D eigenvalue weighted by atomic mass is 16.6. The Morgan fingerprint density at radius 3 is 2.31 bits per heavy atom. The van der Waals surface area contributed by atoms with Gasteiger partial charge in [0.05, 0.1) is 12.7 Å². The fourth-order valence-electron chi connectivity index (χ4n) is 8.57. The van der Waals surface area contributed by atoms with Gasteiger partial charge >= 0.3 is 23.9 Å². The molecule has 5 aliphatic rings. The summed E-state index contributed by atoms with van der Waals surface area (Å²) in [5.41, 5.74) is -1.51. The van der Waals surface area contributed by atoms with Crippen molar-refractivity contribution in [2.75, 3.05) is 0 Å². The SMILES string of the molecule is CC(=O)O[C@@H]1[C@@H](C)[C@@H]2C[C@H]3OC(=O)C[C@@H]4[C@]35C=CO[C@]4(O)CC[C@@H]5[C@@]2(C)[C@@H](OC(C)=O)[C@@H]1OC(C)=O. The first kappa shape index (κ1) is 25.0. The number of carbonyl (C=O) groups excluding carboxylic acids is 4. The van der Waals surface area contributed by atoms with Gasteiger partial charge in [-0.15, -0.1) is 0 Å². The second kappa shape index (κ2) is 8.19. The highest BCUT2D eigenvalue weighted by Crippen LogP contribution is 2.72. The summed E-state index contributed by atoms with van der Waals surface area (Å²) in [6.07, 6.45) is 1.26. The lowest BCUT2D eigenvalue weighted by molar-refractivity contribution is -0.343. The molecule has 0 amide bonds. The first-order chi connectivity index (χ1) is 16.8. The van der Waals surface area contributed by atoms with Crippen molar-refractivity contribution in [3.8, 4) is 0 Å². The summed E-state index contributed by atoms with van der Waals surface area (Å²) in [6, 6.07) is 0. The van der Waals surface area contributed by atoms with Crippen LogP contribution in [0.3, 0.4) is 0 Å². The van der Waals surface area contributed by atoms with Crippen molar-refractivity contribution in [3.63, 3.8) is 0 Å². The normalized spacial score (nSPS) is 48.3. The van der Waals surface area contributed by atoms with E-state index in [1.165, 1.54) is 27.0 Å². The Bertz CT molecular complexity index is 1020. The minimum Gasteiger partial charge on any atom is -0.470 e. The smallest absolute Gasteiger partial charge is 0.306 e. The maximum absolute atomic E-state index is 12.7. The van der Waals surface area contributed by atoms with E-state index in [0.29, 0.717) is 12.8 Å². The zero-order chi connectivity index (χ0) is 26.2. The molecule has 1 spiro atoms. The van der Waals surface area contributed by atoms with E-state index in [1.807, 2.05) is 19.9 Å². The molecule has 0 aromatic rings. The second-order valence-electron chi connectivity index (χ2n) is 11.3. The number of aliphatic hydroxyl groups is 1. The van der Waals surface area contributed by atoms with Crippen LogP contribution in [0.25, 0.3) is 0 Å². The molecule has 4 fully saturated rings. The van der Waals surface area contributed by atoms with Gasteiger partial charge in [0, 0.05) is 49.9 Å². The Labute approximate surface area is 209 Å². The van der Waals surface area contributed by atoms with Gasteiger partial charge in [-0.05, 0) is 30.8 Å². The van der Waals surface area contributed by atoms with Crippen LogP contribution in [-0.2, 0) is 42.9 Å². The van der Waals surface area contributed by atoms with Crippen molar-refractivity contribution >= 4 is 23.9 Å². The number of rotatable bonds is 3. The zero-order valence-corrected chi connectivity index (χ0v) is 21.2. The summed E-state index contributed by atoms with van der Waals surface area (Å²) in [7, 11) is 0. The molecular weight excluding hydrogens is 472 g/mol. The summed E-state index contributed by atoms with van der Waals surface area (Å²) in [6.45, 7) is 7.80. The van der Waals surface area contributed by atoms with E-state index in [4.69, 9.17) is 23.7 Å². The Hall–Kier alpha value is -2.62. The van der Waals surface area contributed by atoms with Crippen LogP contribution in [0.4, 0.5) is 0 Å². The fourth-order valence-corrected chi connectivity index (χ4v) is 8.57. The maximum Gasteiger partial charge on any atom is 0.306 e. The molecule has 0 unspecified atom stereocenters. The van der Waals surface area contributed by atoms with Crippen LogP contribution in [0.2, 0.25) is 0 Å². The highest BCUT2D eigenvalue weighted by molar-refractivity contribution is 5.72. The van der Waals surface area contributed by atoms with Gasteiger partial charge in [-0.25, -0.2) is 0 Å². The van der Waals surface area contributed by atoms with E-state index in [-0.39, 0.29) is 30.6 Å². The van der Waals surface area contributed by atoms with Crippen LogP contribution in [-0.4, -0.2) is 59.2 Å². The first-order valence-electron chi connectivity index (χ1n) is 12.6. The van der Waals surface area contributed by atoms with Gasteiger partial charge in [0.15, 0.2) is 6.10 Å². The molecule has 3 aliphatic carbocycles. The van der Waals surface area contributed by atoms with E-state index in [0.717, 1.165) is 0 Å². The topological polar surface area (TPSA) is 135 Å². The third kappa shape index (κ3) is 3.32. The third-order valence-corrected chi connectivity index (χ3v) is 9.68. The Balaban J connectivity index is 1.70. The average Bonchev–Trinajstić information content (AvgIpc) is 2.76. The summed E-state index contributed by atoms with van der Waals surface area (Å²) >= 11 is 0. The molecular formula is C26H34O10. The predicted molar refractivity (Wildman–Crippen MR) is 120 cm³/mol. The summed E-state index contributed by atoms with van der Waals surface area (Å²) in [5, 5.41) is 11.4. The van der Waals surface area contributed by atoms with Crippen molar-refractivity contribution in [1.82, 2.24) is 0 Å². The van der Waals surface area contributed by atoms with Crippen molar-refractivity contribution in [1.29, 1.82) is 0 Å². The monoisotopic (exact) mass is 506 g/mol. The van der Waals surface area contributed by atoms with Crippen molar-refractivity contribution in [3.05, 3.63) is 12.3 Å². The van der Waals surface area contributed by atoms with Crippen molar-refractivity contribution in [2.24, 2.45) is 34.5 Å². The van der Waals surface area contributed by atoms with Gasteiger partial charge in [0.1, 0.15) is 18.3 Å². The predicted octanol–water partition coefficient (Wildman–Crippen LogP) is 2.02. The van der Waals surface area contributed by atoms with Gasteiger partial charge in [-0.3, -0.25) is 19.2 Å². The minimum atomic E-state index is -1.50. The summed E-state index contributed by atoms with van der Waals surface area (Å²) < 4.78 is 29.0. The van der Waals surface area contributed by atoms with Gasteiger partial charge in [-0.2, -0.15) is 0 Å². The zero-order valence-electron chi connectivity index (χ0n) is 21.2. The Kier molecular flexibility index (Phi) is 5.70. The molecule has 10 heteroatoms. The fraction of sp³-hybridized carbons (Fsp3) is 0.769. The Morgan fingerprint density at radius 1 is 1.03 bits per heavy atom. The lowest BCUT2D eigenvalue weighted by Gasteiger charge is -2.71. The standard InChI is InChI=1S/C26H34O10/c1-12-16-10-19-25-8-9-32-26(31,18(25)11-20(30)36-19)7-6-17(25)24(16,5)23(35-15(4)29)22(34-14(3)28)21(12)33-13(2)27/h8-9,12,16-19,21-23,31H,6-7,10-11H2,1-5H3/t12-,16-,17+,18+,19+,21+,22+,23-,24-,25+,26+/m0/s1. The molecule has 10 nitrogen and oxygen atoms in total. The molecule has 1 N–H and O–H groups in total. The molecule has 198 valence electrons. The van der Waals surface area contributed by atoms with Crippen LogP contribution in [0, 0.1) is 34.5 Å². The van der Waals surface area contributed by atoms with E-state index >= 15 is 0 Å². The first-order valence-corrected chi connectivity index (χ1v) is 12.6. The number of carbonyl (C=O) groups is 4. The molecule has 0 aromatic carbocycles. The molecule has 1 saturated heterocycles. The van der Waals surface area contributed by atoms with Crippen LogP contribution in [0.5, 0.6) is 0 Å². The summed E-state index contributed by atoms with van der Waals surface area (Å²) in [4.78, 5) is 49.4. The van der Waals surface area contributed by atoms with Gasteiger partial charge < -0.3 is 28.8 Å². The van der Waals surface area contributed by atoms with E-state index < -0.39 is 70.8 Å². The van der Waals surface area contributed by atoms with Gasteiger partial charge in [-0.1, -0.05) is 13.8 Å². The molecule has 2 aliphatic heterocycles. The third-order valence-electron chi connectivity index (χ3n) is 9.68. The largest absolute Gasteiger partial charge is 0.470 e. The molecule has 5 rings (SSSR count). The molecule has 2 bridgehead atoms. The van der Waals surface area contributed by atoms with E-state index in [9.17, 15) is 24.3 Å². The maximum atomic E-state index is 12.7. The quantitative estimate of drug-likeness (QED) is 0.447. The number of esters is 4. The highest BCUT2D eigenvalue weighted by Gasteiger charge is 2.76. The minimum absolute atomic E-state index is 0.00577. The van der Waals surface area contributed by atoms with Gasteiger partial charge in [0.2, 0.25) is 5.79 Å². The van der Waals surface area contributed by atoms with Crippen LogP contribution < -0.4 is 0 Å². The molecule has 0 aromatic heterocycles. The lowest BCUT2D eigenvalue weighted by Crippen LogP contribution is -2.76. The Morgan fingerprint density at radius 2 is 1.67 bits per heavy atom. The second-order valence-corrected chi connectivity index (χ2v) is 11.3. The number of hydrogen-bond donors (Lipinski definition) is 1. The van der Waals surface area contributed by atoms with Crippen LogP contribution in [0.15, 0.2) is 12.3 Å². The molecule has 2 heterocycles. The summed E-state index contributed by atoms with van der Waals surface area (Å²) in [5.74, 6) is -4.84. The number of hydrogen-bond acceptors (Lipinski definition) is 10. The van der Waals surface area contributed by atoms with E-state index in [2.05, 4.69) is 0 Å². The van der Waals surface area contributed by atoms with Gasteiger partial charge in [0.25, 0.3) is 0 Å². The molecule has 0 radical (unpaired) electrons. The number of fused-ring (bicyclic) bond motifs is 2. The lowest BCUT2D eigenvalue weighted by atomic mass is 9.37. The molecule has 3 saturated carbocycles. The van der Waals surface area contributed by atoms with Crippen molar-refractivity contribution < 1.29 is 48.0 Å². The molecule has 36 heavy (non-hydrogen) atoms. The molecule has 11 atom stereocenters.